The smallest absolute Gasteiger partial charge is 0.307 e. The molecule has 1 aromatic heterocycles. The maximum Gasteiger partial charge on any atom is 0.307 e. The number of rotatable bonds is 4. The number of para-hydroxylation sites is 1. The van der Waals surface area contributed by atoms with E-state index in [1.54, 1.807) is 10.9 Å². The van der Waals surface area contributed by atoms with Gasteiger partial charge in [-0.1, -0.05) is 30.3 Å². The number of carboxylic acid groups (broad SMARTS) is 1. The number of benzene rings is 2. The van der Waals surface area contributed by atoms with Crippen molar-refractivity contribution < 1.29 is 19.7 Å². The summed E-state index contributed by atoms with van der Waals surface area (Å²) in [6.45, 7) is 0.413. The maximum absolute atomic E-state index is 11.2. The average molecular weight is 322 g/mol. The summed E-state index contributed by atoms with van der Waals surface area (Å²) in [5, 5.41) is 13.8. The molecule has 1 aliphatic heterocycles. The van der Waals surface area contributed by atoms with Gasteiger partial charge in [0, 0.05) is 22.9 Å². The molecule has 2 heterocycles. The van der Waals surface area contributed by atoms with Crippen LogP contribution < -0.4 is 4.89 Å². The van der Waals surface area contributed by atoms with E-state index in [2.05, 4.69) is 5.10 Å². The predicted molar refractivity (Wildman–Crippen MR) is 85.8 cm³/mol. The van der Waals surface area contributed by atoms with Gasteiger partial charge in [0.15, 0.2) is 5.75 Å². The average Bonchev–Trinajstić information content (AvgIpc) is 3.21. The van der Waals surface area contributed by atoms with Crippen LogP contribution in [0.1, 0.15) is 11.1 Å². The van der Waals surface area contributed by atoms with Crippen molar-refractivity contribution in [3.8, 4) is 22.7 Å². The molecule has 6 heteroatoms. The predicted octanol–water partition coefficient (Wildman–Crippen LogP) is 2.99. The first-order valence-corrected chi connectivity index (χ1v) is 7.49. The van der Waals surface area contributed by atoms with Crippen LogP contribution in [0, 0.1) is 0 Å². The number of hydrogen-bond acceptors (Lipinski definition) is 4. The minimum Gasteiger partial charge on any atom is -0.481 e. The topological polar surface area (TPSA) is 73.6 Å². The molecule has 2 aromatic carbocycles. The van der Waals surface area contributed by atoms with Crippen molar-refractivity contribution in [2.45, 2.75) is 13.0 Å². The molecule has 0 fully saturated rings. The number of carboxylic acids is 1. The molecule has 0 radical (unpaired) electrons. The zero-order valence-corrected chi connectivity index (χ0v) is 12.7. The largest absolute Gasteiger partial charge is 0.481 e. The molecule has 1 aliphatic rings. The van der Waals surface area contributed by atoms with Gasteiger partial charge in [0.25, 0.3) is 0 Å². The third-order valence-electron chi connectivity index (χ3n) is 3.86. The van der Waals surface area contributed by atoms with Crippen molar-refractivity contribution in [2.24, 2.45) is 0 Å². The molecule has 0 spiro atoms. The fourth-order valence-electron chi connectivity index (χ4n) is 2.71. The van der Waals surface area contributed by atoms with E-state index >= 15 is 0 Å². The molecule has 0 saturated heterocycles. The van der Waals surface area contributed by atoms with Crippen LogP contribution in [0.3, 0.4) is 0 Å². The Morgan fingerprint density at radius 2 is 2.04 bits per heavy atom. The molecule has 6 nitrogen and oxygen atoms in total. The van der Waals surface area contributed by atoms with Gasteiger partial charge in [0.2, 0.25) is 0 Å². The van der Waals surface area contributed by atoms with Gasteiger partial charge in [-0.3, -0.25) is 4.79 Å². The van der Waals surface area contributed by atoms with Crippen LogP contribution >= 0.6 is 0 Å². The van der Waals surface area contributed by atoms with E-state index in [0.29, 0.717) is 23.6 Å². The molecule has 0 aliphatic carbocycles. The van der Waals surface area contributed by atoms with E-state index in [4.69, 9.17) is 9.78 Å². The fraction of sp³-hybridized carbons (Fsp3) is 0.111. The van der Waals surface area contributed by atoms with E-state index < -0.39 is 5.97 Å². The van der Waals surface area contributed by atoms with Crippen LogP contribution in [0.4, 0.5) is 0 Å². The van der Waals surface area contributed by atoms with Crippen LogP contribution in [-0.2, 0) is 22.7 Å². The Labute approximate surface area is 137 Å². The Balaban J connectivity index is 1.81. The minimum absolute atomic E-state index is 0.101. The number of carbonyl (C=O) groups is 1. The highest BCUT2D eigenvalue weighted by atomic mass is 17.2. The summed E-state index contributed by atoms with van der Waals surface area (Å²) in [5.74, 6) is -0.257. The van der Waals surface area contributed by atoms with Crippen molar-refractivity contribution in [1.29, 1.82) is 0 Å². The van der Waals surface area contributed by atoms with Crippen molar-refractivity contribution in [1.82, 2.24) is 9.78 Å². The number of hydrogen-bond donors (Lipinski definition) is 1. The second-order valence-corrected chi connectivity index (χ2v) is 5.52. The molecule has 3 aromatic rings. The lowest BCUT2D eigenvalue weighted by atomic mass is 10.0. The highest BCUT2D eigenvalue weighted by Crippen LogP contribution is 2.32. The molecular formula is C18H14N2O4. The molecule has 0 amide bonds. The van der Waals surface area contributed by atoms with Crippen LogP contribution in [0.25, 0.3) is 16.9 Å². The van der Waals surface area contributed by atoms with Gasteiger partial charge in [0.1, 0.15) is 6.61 Å². The van der Waals surface area contributed by atoms with Gasteiger partial charge < -0.3 is 9.99 Å². The van der Waals surface area contributed by atoms with E-state index in [1.807, 2.05) is 48.5 Å². The minimum atomic E-state index is -0.899. The first kappa shape index (κ1) is 14.5. The summed E-state index contributed by atoms with van der Waals surface area (Å²) >= 11 is 0. The maximum atomic E-state index is 11.2. The molecule has 0 saturated carbocycles. The van der Waals surface area contributed by atoms with Crippen molar-refractivity contribution in [2.75, 3.05) is 0 Å². The zero-order valence-electron chi connectivity index (χ0n) is 12.7. The van der Waals surface area contributed by atoms with Gasteiger partial charge in [-0.05, 0) is 18.2 Å². The van der Waals surface area contributed by atoms with Gasteiger partial charge in [-0.15, -0.1) is 0 Å². The normalized spacial score (nSPS) is 12.7. The highest BCUT2D eigenvalue weighted by Gasteiger charge is 2.19. The Bertz CT molecular complexity index is 903. The summed E-state index contributed by atoms with van der Waals surface area (Å²) in [4.78, 5) is 21.3. The first-order valence-electron chi connectivity index (χ1n) is 7.49. The van der Waals surface area contributed by atoms with Gasteiger partial charge in [-0.2, -0.15) is 9.99 Å². The summed E-state index contributed by atoms with van der Waals surface area (Å²) in [5.41, 5.74) is 3.90. The third kappa shape index (κ3) is 2.63. The van der Waals surface area contributed by atoms with Crippen LogP contribution in [-0.4, -0.2) is 20.9 Å². The fourth-order valence-corrected chi connectivity index (χ4v) is 2.71. The lowest BCUT2D eigenvalue weighted by Gasteiger charge is -2.02. The Morgan fingerprint density at radius 1 is 1.21 bits per heavy atom. The molecule has 1 N–H and O–H groups in total. The van der Waals surface area contributed by atoms with Gasteiger partial charge >= 0.3 is 5.97 Å². The van der Waals surface area contributed by atoms with Crippen molar-refractivity contribution >= 4 is 5.97 Å². The van der Waals surface area contributed by atoms with Gasteiger partial charge in [-0.25, -0.2) is 4.68 Å². The van der Waals surface area contributed by atoms with Crippen LogP contribution in [0.15, 0.2) is 54.7 Å². The lowest BCUT2D eigenvalue weighted by Crippen LogP contribution is -2.00. The summed E-state index contributed by atoms with van der Waals surface area (Å²) in [6.07, 6.45) is 1.65. The summed E-state index contributed by atoms with van der Waals surface area (Å²) in [6, 6.07) is 15.2. The van der Waals surface area contributed by atoms with E-state index in [9.17, 15) is 9.90 Å². The zero-order chi connectivity index (χ0) is 16.5. The number of fused-ring (bicyclic) bond motifs is 1. The Hall–Kier alpha value is -3.12. The molecule has 0 unspecified atom stereocenters. The van der Waals surface area contributed by atoms with E-state index in [0.717, 1.165) is 16.8 Å². The second kappa shape index (κ2) is 5.82. The van der Waals surface area contributed by atoms with E-state index in [-0.39, 0.29) is 6.42 Å². The Kier molecular flexibility index (Phi) is 3.51. The Morgan fingerprint density at radius 3 is 2.83 bits per heavy atom. The molecule has 4 rings (SSSR count). The van der Waals surface area contributed by atoms with Crippen LogP contribution in [0.5, 0.6) is 5.75 Å². The second-order valence-electron chi connectivity index (χ2n) is 5.52. The molecule has 120 valence electrons. The standard InChI is InChI=1S/C18H14N2O4/c21-17(22)9-14-10-20(15-4-2-1-3-5-15)19-18(14)12-6-7-13-11-23-24-16(13)8-12/h1-8,10H,9,11H2,(H,21,22). The van der Waals surface area contributed by atoms with Gasteiger partial charge in [0.05, 0.1) is 17.8 Å². The third-order valence-corrected chi connectivity index (χ3v) is 3.86. The first-order chi connectivity index (χ1) is 11.7. The quantitative estimate of drug-likeness (QED) is 0.748. The summed E-state index contributed by atoms with van der Waals surface area (Å²) in [7, 11) is 0. The summed E-state index contributed by atoms with van der Waals surface area (Å²) < 4.78 is 1.69. The molecule has 0 bridgehead atoms. The van der Waals surface area contributed by atoms with Crippen LogP contribution in [0.2, 0.25) is 0 Å². The lowest BCUT2D eigenvalue weighted by molar-refractivity contribution is -0.194. The SMILES string of the molecule is O=C(O)Cc1cn(-c2ccccc2)nc1-c1ccc2c(c1)OOC2. The number of aromatic nitrogens is 2. The number of aliphatic carboxylic acids is 1. The van der Waals surface area contributed by atoms with E-state index in [1.165, 1.54) is 0 Å². The van der Waals surface area contributed by atoms with Crippen molar-refractivity contribution in [3.63, 3.8) is 0 Å². The molecular weight excluding hydrogens is 308 g/mol. The molecule has 0 atom stereocenters. The van der Waals surface area contributed by atoms with Crippen molar-refractivity contribution in [3.05, 3.63) is 65.9 Å². The highest BCUT2D eigenvalue weighted by molar-refractivity contribution is 5.75. The molecule has 24 heavy (non-hydrogen) atoms. The number of nitrogens with zero attached hydrogens (tertiary/aromatic N) is 2. The monoisotopic (exact) mass is 322 g/mol.